The zero-order chi connectivity index (χ0) is 7.56. The van der Waals surface area contributed by atoms with Crippen LogP contribution >= 0.6 is 0 Å². The van der Waals surface area contributed by atoms with Crippen molar-refractivity contribution in [1.29, 1.82) is 0 Å². The van der Waals surface area contributed by atoms with Gasteiger partial charge in [0.2, 0.25) is 0 Å². The third-order valence-electron chi connectivity index (χ3n) is 1.29. The summed E-state index contributed by atoms with van der Waals surface area (Å²) in [6, 6.07) is 0. The molecular weight excluding hydrogens is 128 g/mol. The summed E-state index contributed by atoms with van der Waals surface area (Å²) in [5.74, 6) is 0. The lowest BCUT2D eigenvalue weighted by Crippen LogP contribution is -1.87. The average molecular weight is 138 g/mol. The van der Waals surface area contributed by atoms with E-state index in [-0.39, 0.29) is 0 Å². The Morgan fingerprint density at radius 3 is 2.90 bits per heavy atom. The molecule has 0 saturated heterocycles. The molecule has 1 aromatic rings. The SMILES string of the molecule is C=Cn1cc([C@H](C)O)cn1. The second kappa shape index (κ2) is 2.66. The summed E-state index contributed by atoms with van der Waals surface area (Å²) in [6.45, 7) is 5.22. The van der Waals surface area contributed by atoms with Crippen LogP contribution in [0.15, 0.2) is 19.0 Å². The summed E-state index contributed by atoms with van der Waals surface area (Å²) < 4.78 is 1.56. The van der Waals surface area contributed by atoms with Crippen LogP contribution in [0.2, 0.25) is 0 Å². The van der Waals surface area contributed by atoms with E-state index in [2.05, 4.69) is 11.7 Å². The highest BCUT2D eigenvalue weighted by Crippen LogP contribution is 2.09. The van der Waals surface area contributed by atoms with Crippen LogP contribution in [-0.4, -0.2) is 14.9 Å². The van der Waals surface area contributed by atoms with E-state index < -0.39 is 6.10 Å². The molecule has 0 unspecified atom stereocenters. The maximum absolute atomic E-state index is 9.04. The molecule has 0 aliphatic rings. The first kappa shape index (κ1) is 7.02. The van der Waals surface area contributed by atoms with E-state index in [1.807, 2.05) is 0 Å². The highest BCUT2D eigenvalue weighted by atomic mass is 16.3. The van der Waals surface area contributed by atoms with Gasteiger partial charge in [0.05, 0.1) is 12.3 Å². The third kappa shape index (κ3) is 1.25. The van der Waals surface area contributed by atoms with Gasteiger partial charge in [0, 0.05) is 18.0 Å². The van der Waals surface area contributed by atoms with Crippen LogP contribution in [0, 0.1) is 0 Å². The van der Waals surface area contributed by atoms with Crippen molar-refractivity contribution in [3.8, 4) is 0 Å². The molecule has 0 aliphatic carbocycles. The number of hydrogen-bond acceptors (Lipinski definition) is 2. The number of rotatable bonds is 2. The normalized spacial score (nSPS) is 13.0. The number of aromatic nitrogens is 2. The van der Waals surface area contributed by atoms with Crippen molar-refractivity contribution in [3.05, 3.63) is 24.5 Å². The van der Waals surface area contributed by atoms with Crippen LogP contribution in [0.5, 0.6) is 0 Å². The molecule has 0 aromatic carbocycles. The van der Waals surface area contributed by atoms with Gasteiger partial charge in [-0.1, -0.05) is 6.58 Å². The molecule has 10 heavy (non-hydrogen) atoms. The van der Waals surface area contributed by atoms with Gasteiger partial charge in [-0.05, 0) is 6.92 Å². The summed E-state index contributed by atoms with van der Waals surface area (Å²) in [5, 5.41) is 12.9. The van der Waals surface area contributed by atoms with Crippen molar-refractivity contribution in [3.63, 3.8) is 0 Å². The summed E-state index contributed by atoms with van der Waals surface area (Å²) >= 11 is 0. The van der Waals surface area contributed by atoms with E-state index in [0.29, 0.717) is 0 Å². The Morgan fingerprint density at radius 2 is 2.60 bits per heavy atom. The molecule has 0 saturated carbocycles. The Hall–Kier alpha value is -1.09. The number of hydrogen-bond donors (Lipinski definition) is 1. The van der Waals surface area contributed by atoms with E-state index in [1.54, 1.807) is 30.2 Å². The predicted octanol–water partition coefficient (Wildman–Crippen LogP) is 1.04. The standard InChI is InChI=1S/C7H10N2O/c1-3-9-5-7(4-8-9)6(2)10/h3-6,10H,1H2,2H3/t6-/m0/s1. The highest BCUT2D eigenvalue weighted by Gasteiger charge is 2.01. The molecule has 1 rings (SSSR count). The van der Waals surface area contributed by atoms with Crippen molar-refractivity contribution in [2.75, 3.05) is 0 Å². The fourth-order valence-electron chi connectivity index (χ4n) is 0.668. The Balaban J connectivity index is 2.88. The topological polar surface area (TPSA) is 38.0 Å². The van der Waals surface area contributed by atoms with Crippen LogP contribution in [0.3, 0.4) is 0 Å². The lowest BCUT2D eigenvalue weighted by Gasteiger charge is -1.95. The van der Waals surface area contributed by atoms with Crippen molar-refractivity contribution < 1.29 is 5.11 Å². The van der Waals surface area contributed by atoms with Gasteiger partial charge in [-0.25, -0.2) is 4.68 Å². The van der Waals surface area contributed by atoms with E-state index in [4.69, 9.17) is 5.11 Å². The van der Waals surface area contributed by atoms with Crippen LogP contribution in [-0.2, 0) is 0 Å². The fourth-order valence-corrected chi connectivity index (χ4v) is 0.668. The van der Waals surface area contributed by atoms with E-state index >= 15 is 0 Å². The molecule has 0 radical (unpaired) electrons. The summed E-state index contributed by atoms with van der Waals surface area (Å²) in [6.07, 6.45) is 4.48. The van der Waals surface area contributed by atoms with Crippen molar-refractivity contribution in [2.45, 2.75) is 13.0 Å². The second-order valence-electron chi connectivity index (χ2n) is 2.11. The van der Waals surface area contributed by atoms with Gasteiger partial charge in [-0.15, -0.1) is 0 Å². The van der Waals surface area contributed by atoms with Gasteiger partial charge in [0.1, 0.15) is 0 Å². The molecule has 54 valence electrons. The molecule has 3 nitrogen and oxygen atoms in total. The Bertz CT molecular complexity index is 227. The smallest absolute Gasteiger partial charge is 0.0792 e. The molecule has 0 amide bonds. The minimum absolute atomic E-state index is 0.450. The molecule has 1 N–H and O–H groups in total. The Kier molecular flexibility index (Phi) is 1.87. The first-order chi connectivity index (χ1) is 4.74. The van der Waals surface area contributed by atoms with Gasteiger partial charge in [0.15, 0.2) is 0 Å². The lowest BCUT2D eigenvalue weighted by molar-refractivity contribution is 0.199. The highest BCUT2D eigenvalue weighted by molar-refractivity contribution is 5.18. The molecule has 0 bridgehead atoms. The zero-order valence-electron chi connectivity index (χ0n) is 5.86. The van der Waals surface area contributed by atoms with Gasteiger partial charge in [-0.3, -0.25) is 0 Å². The van der Waals surface area contributed by atoms with Crippen LogP contribution in [0.4, 0.5) is 0 Å². The van der Waals surface area contributed by atoms with Gasteiger partial charge in [-0.2, -0.15) is 5.10 Å². The summed E-state index contributed by atoms with van der Waals surface area (Å²) in [4.78, 5) is 0. The lowest BCUT2D eigenvalue weighted by atomic mass is 10.2. The quantitative estimate of drug-likeness (QED) is 0.663. The molecule has 1 heterocycles. The van der Waals surface area contributed by atoms with Crippen LogP contribution in [0.25, 0.3) is 6.20 Å². The van der Waals surface area contributed by atoms with Crippen molar-refractivity contribution in [2.24, 2.45) is 0 Å². The fraction of sp³-hybridized carbons (Fsp3) is 0.286. The van der Waals surface area contributed by atoms with Crippen molar-refractivity contribution in [1.82, 2.24) is 9.78 Å². The minimum Gasteiger partial charge on any atom is -0.389 e. The predicted molar refractivity (Wildman–Crippen MR) is 39.2 cm³/mol. The largest absolute Gasteiger partial charge is 0.389 e. The van der Waals surface area contributed by atoms with E-state index in [0.717, 1.165) is 5.56 Å². The van der Waals surface area contributed by atoms with E-state index in [9.17, 15) is 0 Å². The number of aliphatic hydroxyl groups excluding tert-OH is 1. The monoisotopic (exact) mass is 138 g/mol. The second-order valence-corrected chi connectivity index (χ2v) is 2.11. The molecule has 0 aliphatic heterocycles. The molecule has 1 aromatic heterocycles. The van der Waals surface area contributed by atoms with Crippen molar-refractivity contribution >= 4 is 6.20 Å². The summed E-state index contributed by atoms with van der Waals surface area (Å²) in [7, 11) is 0. The number of aliphatic hydroxyl groups is 1. The van der Waals surface area contributed by atoms with Crippen LogP contribution in [0.1, 0.15) is 18.6 Å². The van der Waals surface area contributed by atoms with Crippen LogP contribution < -0.4 is 0 Å². The minimum atomic E-state index is -0.450. The Labute approximate surface area is 59.6 Å². The molecule has 3 heteroatoms. The average Bonchev–Trinajstić information content (AvgIpc) is 2.34. The zero-order valence-corrected chi connectivity index (χ0v) is 5.86. The molecule has 0 fully saturated rings. The maximum atomic E-state index is 9.04. The molecule has 1 atom stereocenters. The Morgan fingerprint density at radius 1 is 1.90 bits per heavy atom. The maximum Gasteiger partial charge on any atom is 0.0792 e. The van der Waals surface area contributed by atoms with Gasteiger partial charge >= 0.3 is 0 Å². The van der Waals surface area contributed by atoms with Gasteiger partial charge in [0.25, 0.3) is 0 Å². The third-order valence-corrected chi connectivity index (χ3v) is 1.29. The van der Waals surface area contributed by atoms with Gasteiger partial charge < -0.3 is 5.11 Å². The number of nitrogens with zero attached hydrogens (tertiary/aromatic N) is 2. The molecular formula is C7H10N2O. The first-order valence-corrected chi connectivity index (χ1v) is 3.08. The van der Waals surface area contributed by atoms with E-state index in [1.165, 1.54) is 0 Å². The first-order valence-electron chi connectivity index (χ1n) is 3.08. The molecule has 0 spiro atoms. The summed E-state index contributed by atoms with van der Waals surface area (Å²) in [5.41, 5.74) is 0.805.